The highest BCUT2D eigenvalue weighted by Crippen LogP contribution is 2.54. The SMILES string of the molecule is CCSC1(C(=O)O)CC1CO. The molecular formula is C7H12O3S. The molecule has 2 unspecified atom stereocenters. The second-order valence-electron chi connectivity index (χ2n) is 2.71. The molecule has 0 aliphatic heterocycles. The number of thioether (sulfide) groups is 1. The van der Waals surface area contributed by atoms with E-state index in [-0.39, 0.29) is 12.5 Å². The van der Waals surface area contributed by atoms with Crippen LogP contribution in [-0.4, -0.2) is 33.3 Å². The molecule has 2 atom stereocenters. The van der Waals surface area contributed by atoms with Crippen molar-refractivity contribution in [2.45, 2.75) is 18.1 Å². The highest BCUT2D eigenvalue weighted by atomic mass is 32.2. The van der Waals surface area contributed by atoms with Crippen LogP contribution < -0.4 is 0 Å². The highest BCUT2D eigenvalue weighted by molar-refractivity contribution is 8.01. The number of carbonyl (C=O) groups is 1. The molecule has 1 rings (SSSR count). The summed E-state index contributed by atoms with van der Waals surface area (Å²) in [5, 5.41) is 17.5. The van der Waals surface area contributed by atoms with Gasteiger partial charge in [0.25, 0.3) is 0 Å². The third-order valence-electron chi connectivity index (χ3n) is 2.03. The summed E-state index contributed by atoms with van der Waals surface area (Å²) in [5.41, 5.74) is 0. The van der Waals surface area contributed by atoms with Crippen LogP contribution in [0.1, 0.15) is 13.3 Å². The summed E-state index contributed by atoms with van der Waals surface area (Å²) in [6, 6.07) is 0. The van der Waals surface area contributed by atoms with Crippen molar-refractivity contribution in [1.29, 1.82) is 0 Å². The van der Waals surface area contributed by atoms with Gasteiger partial charge in [-0.25, -0.2) is 0 Å². The number of aliphatic carboxylic acids is 1. The van der Waals surface area contributed by atoms with Gasteiger partial charge in [0.15, 0.2) is 0 Å². The first-order valence-electron chi connectivity index (χ1n) is 3.65. The largest absolute Gasteiger partial charge is 0.480 e. The molecule has 0 bridgehead atoms. The van der Waals surface area contributed by atoms with E-state index in [1.807, 2.05) is 6.92 Å². The quantitative estimate of drug-likeness (QED) is 0.657. The smallest absolute Gasteiger partial charge is 0.320 e. The highest BCUT2D eigenvalue weighted by Gasteiger charge is 2.60. The molecule has 11 heavy (non-hydrogen) atoms. The lowest BCUT2D eigenvalue weighted by molar-refractivity contribution is -0.137. The number of hydrogen-bond acceptors (Lipinski definition) is 3. The van der Waals surface area contributed by atoms with Crippen LogP contribution in [0.2, 0.25) is 0 Å². The molecule has 0 radical (unpaired) electrons. The van der Waals surface area contributed by atoms with Crippen molar-refractivity contribution in [2.24, 2.45) is 5.92 Å². The van der Waals surface area contributed by atoms with E-state index in [0.717, 1.165) is 5.75 Å². The fourth-order valence-corrected chi connectivity index (χ4v) is 2.55. The maximum Gasteiger partial charge on any atom is 0.320 e. The number of rotatable bonds is 4. The Kier molecular flexibility index (Phi) is 2.44. The molecule has 0 amide bonds. The van der Waals surface area contributed by atoms with Crippen molar-refractivity contribution >= 4 is 17.7 Å². The van der Waals surface area contributed by atoms with Crippen LogP contribution >= 0.6 is 11.8 Å². The molecule has 0 aromatic rings. The monoisotopic (exact) mass is 176 g/mol. The second-order valence-corrected chi connectivity index (χ2v) is 4.31. The minimum Gasteiger partial charge on any atom is -0.480 e. The first kappa shape index (κ1) is 8.87. The van der Waals surface area contributed by atoms with Gasteiger partial charge in [-0.15, -0.1) is 11.8 Å². The van der Waals surface area contributed by atoms with Gasteiger partial charge >= 0.3 is 5.97 Å². The standard InChI is InChI=1S/C7H12O3S/c1-2-11-7(6(9)10)3-5(7)4-8/h5,8H,2-4H2,1H3,(H,9,10). The van der Waals surface area contributed by atoms with Crippen LogP contribution in [0.25, 0.3) is 0 Å². The fraction of sp³-hybridized carbons (Fsp3) is 0.857. The Bertz CT molecular complexity index is 171. The van der Waals surface area contributed by atoms with Crippen molar-refractivity contribution < 1.29 is 15.0 Å². The van der Waals surface area contributed by atoms with Gasteiger partial charge in [-0.3, -0.25) is 4.79 Å². The maximum atomic E-state index is 10.7. The van der Waals surface area contributed by atoms with Gasteiger partial charge in [0, 0.05) is 12.5 Å². The molecule has 0 aromatic heterocycles. The zero-order valence-corrected chi connectivity index (χ0v) is 7.23. The molecule has 0 aromatic carbocycles. The predicted octanol–water partition coefficient (Wildman–Crippen LogP) is 0.575. The van der Waals surface area contributed by atoms with E-state index < -0.39 is 10.7 Å². The predicted molar refractivity (Wildman–Crippen MR) is 43.7 cm³/mol. The Morgan fingerprint density at radius 2 is 2.45 bits per heavy atom. The molecule has 1 saturated carbocycles. The van der Waals surface area contributed by atoms with Crippen LogP contribution in [0, 0.1) is 5.92 Å². The summed E-state index contributed by atoms with van der Waals surface area (Å²) in [7, 11) is 0. The molecule has 0 heterocycles. The average Bonchev–Trinajstić information content (AvgIpc) is 2.65. The van der Waals surface area contributed by atoms with Crippen LogP contribution in [0.15, 0.2) is 0 Å². The van der Waals surface area contributed by atoms with E-state index in [0.29, 0.717) is 6.42 Å². The number of carboxylic acids is 1. The van der Waals surface area contributed by atoms with Gasteiger partial charge < -0.3 is 10.2 Å². The lowest BCUT2D eigenvalue weighted by Gasteiger charge is -2.08. The van der Waals surface area contributed by atoms with Crippen LogP contribution in [0.3, 0.4) is 0 Å². The topological polar surface area (TPSA) is 57.5 Å². The number of aliphatic hydroxyl groups is 1. The third-order valence-corrected chi connectivity index (χ3v) is 3.51. The molecule has 1 aliphatic rings. The number of hydrogen-bond donors (Lipinski definition) is 2. The van der Waals surface area contributed by atoms with Gasteiger partial charge in [0.1, 0.15) is 4.75 Å². The van der Waals surface area contributed by atoms with Gasteiger partial charge in [-0.05, 0) is 12.2 Å². The van der Waals surface area contributed by atoms with E-state index >= 15 is 0 Å². The summed E-state index contributed by atoms with van der Waals surface area (Å²) in [6.07, 6.45) is 0.622. The second kappa shape index (κ2) is 3.03. The molecule has 4 heteroatoms. The molecule has 2 N–H and O–H groups in total. The average molecular weight is 176 g/mol. The van der Waals surface area contributed by atoms with Gasteiger partial charge in [0.2, 0.25) is 0 Å². The van der Waals surface area contributed by atoms with E-state index in [1.54, 1.807) is 0 Å². The Labute approximate surface area is 69.8 Å². The Morgan fingerprint density at radius 1 is 1.82 bits per heavy atom. The van der Waals surface area contributed by atoms with Gasteiger partial charge in [0.05, 0.1) is 0 Å². The zero-order valence-electron chi connectivity index (χ0n) is 6.41. The fourth-order valence-electron chi connectivity index (χ4n) is 1.28. The minimum atomic E-state index is -0.775. The molecule has 1 aliphatic carbocycles. The van der Waals surface area contributed by atoms with E-state index in [2.05, 4.69) is 0 Å². The van der Waals surface area contributed by atoms with Gasteiger partial charge in [-0.2, -0.15) is 0 Å². The van der Waals surface area contributed by atoms with Crippen molar-refractivity contribution in [3.05, 3.63) is 0 Å². The van der Waals surface area contributed by atoms with E-state index in [1.165, 1.54) is 11.8 Å². The Morgan fingerprint density at radius 3 is 2.73 bits per heavy atom. The normalized spacial score (nSPS) is 35.3. The summed E-state index contributed by atoms with van der Waals surface area (Å²) in [5.74, 6) is -0.00338. The third kappa shape index (κ3) is 1.37. The molecule has 0 saturated heterocycles. The van der Waals surface area contributed by atoms with Crippen molar-refractivity contribution in [3.63, 3.8) is 0 Å². The lowest BCUT2D eigenvalue weighted by atomic mass is 10.3. The molecule has 64 valence electrons. The van der Waals surface area contributed by atoms with Crippen molar-refractivity contribution in [3.8, 4) is 0 Å². The van der Waals surface area contributed by atoms with Crippen molar-refractivity contribution in [2.75, 3.05) is 12.4 Å². The summed E-state index contributed by atoms with van der Waals surface area (Å²) in [4.78, 5) is 10.7. The Balaban J connectivity index is 2.55. The molecule has 3 nitrogen and oxygen atoms in total. The van der Waals surface area contributed by atoms with E-state index in [4.69, 9.17) is 10.2 Å². The maximum absolute atomic E-state index is 10.7. The van der Waals surface area contributed by atoms with Crippen LogP contribution in [0.4, 0.5) is 0 Å². The molecule has 0 spiro atoms. The first-order chi connectivity index (χ1) is 5.17. The van der Waals surface area contributed by atoms with Gasteiger partial charge in [-0.1, -0.05) is 6.92 Å². The number of carboxylic acid groups (broad SMARTS) is 1. The Hall–Kier alpha value is -0.220. The van der Waals surface area contributed by atoms with E-state index in [9.17, 15) is 4.79 Å². The van der Waals surface area contributed by atoms with Crippen molar-refractivity contribution in [1.82, 2.24) is 0 Å². The zero-order chi connectivity index (χ0) is 8.48. The molecular weight excluding hydrogens is 164 g/mol. The summed E-state index contributed by atoms with van der Waals surface area (Å²) in [6.45, 7) is 1.93. The minimum absolute atomic E-state index is 0.000694. The number of aliphatic hydroxyl groups excluding tert-OH is 1. The van der Waals surface area contributed by atoms with Crippen LogP contribution in [0.5, 0.6) is 0 Å². The summed E-state index contributed by atoms with van der Waals surface area (Å²) < 4.78 is -0.649. The molecule has 1 fully saturated rings. The summed E-state index contributed by atoms with van der Waals surface area (Å²) >= 11 is 1.43. The van der Waals surface area contributed by atoms with Crippen LogP contribution in [-0.2, 0) is 4.79 Å². The first-order valence-corrected chi connectivity index (χ1v) is 4.64. The lowest BCUT2D eigenvalue weighted by Crippen LogP contribution is -2.22.